The SMILES string of the molecule is O=C(Cc1cn(Cc2ccc(F)cc2)c2ccccc12)N1CCC2(CC1)OCCO2. The van der Waals surface area contributed by atoms with Crippen molar-refractivity contribution >= 4 is 16.8 Å². The standard InChI is InChI=1S/C24H25FN2O3/c25-20-7-5-18(6-8-20)16-27-17-19(21-3-1-2-4-22(21)27)15-23(28)26-11-9-24(10-12-26)29-13-14-30-24/h1-8,17H,9-16H2. The molecule has 2 aliphatic rings. The fraction of sp³-hybridized carbons (Fsp3) is 0.375. The van der Waals surface area contributed by atoms with Crippen LogP contribution >= 0.6 is 0 Å². The zero-order valence-corrected chi connectivity index (χ0v) is 16.9. The quantitative estimate of drug-likeness (QED) is 0.661. The van der Waals surface area contributed by atoms with Gasteiger partial charge >= 0.3 is 0 Å². The summed E-state index contributed by atoms with van der Waals surface area (Å²) < 4.78 is 26.9. The molecular weight excluding hydrogens is 383 g/mol. The van der Waals surface area contributed by atoms with Crippen molar-refractivity contribution in [3.05, 3.63) is 71.7 Å². The van der Waals surface area contributed by atoms with Crippen molar-refractivity contribution in [1.82, 2.24) is 9.47 Å². The van der Waals surface area contributed by atoms with Gasteiger partial charge in [-0.25, -0.2) is 4.39 Å². The highest BCUT2D eigenvalue weighted by atomic mass is 19.1. The maximum Gasteiger partial charge on any atom is 0.227 e. The number of halogens is 1. The number of fused-ring (bicyclic) bond motifs is 1. The molecule has 0 N–H and O–H groups in total. The fourth-order valence-corrected chi connectivity index (χ4v) is 4.54. The Morgan fingerprint density at radius 2 is 1.70 bits per heavy atom. The third kappa shape index (κ3) is 3.73. The molecule has 2 aliphatic heterocycles. The monoisotopic (exact) mass is 408 g/mol. The lowest BCUT2D eigenvalue weighted by Gasteiger charge is -2.37. The Morgan fingerprint density at radius 3 is 2.43 bits per heavy atom. The number of ether oxygens (including phenoxy) is 2. The van der Waals surface area contributed by atoms with Crippen molar-refractivity contribution in [1.29, 1.82) is 0 Å². The molecule has 6 heteroatoms. The fourth-order valence-electron chi connectivity index (χ4n) is 4.54. The number of benzene rings is 2. The van der Waals surface area contributed by atoms with Gasteiger partial charge < -0.3 is 18.9 Å². The molecule has 2 fully saturated rings. The number of hydrogen-bond acceptors (Lipinski definition) is 3. The Labute approximate surface area is 175 Å². The lowest BCUT2D eigenvalue weighted by molar-refractivity contribution is -0.187. The van der Waals surface area contributed by atoms with Gasteiger partial charge in [-0.05, 0) is 29.3 Å². The van der Waals surface area contributed by atoms with Gasteiger partial charge in [0.2, 0.25) is 5.91 Å². The van der Waals surface area contributed by atoms with E-state index in [2.05, 4.69) is 22.9 Å². The molecule has 0 radical (unpaired) electrons. The van der Waals surface area contributed by atoms with E-state index in [4.69, 9.17) is 9.47 Å². The van der Waals surface area contributed by atoms with Gasteiger partial charge in [0.15, 0.2) is 5.79 Å². The van der Waals surface area contributed by atoms with Crippen LogP contribution in [0.15, 0.2) is 54.7 Å². The van der Waals surface area contributed by atoms with E-state index in [0.29, 0.717) is 39.3 Å². The second kappa shape index (κ2) is 7.85. The van der Waals surface area contributed by atoms with E-state index in [-0.39, 0.29) is 11.7 Å². The maximum atomic E-state index is 13.2. The molecule has 156 valence electrons. The molecule has 0 unspecified atom stereocenters. The number of amides is 1. The van der Waals surface area contributed by atoms with Crippen LogP contribution in [0.3, 0.4) is 0 Å². The minimum atomic E-state index is -0.470. The van der Waals surface area contributed by atoms with E-state index in [1.54, 1.807) is 12.1 Å². The Balaban J connectivity index is 1.33. The van der Waals surface area contributed by atoms with Gasteiger partial charge in [-0.15, -0.1) is 0 Å². The molecule has 0 saturated carbocycles. The number of rotatable bonds is 4. The van der Waals surface area contributed by atoms with Crippen molar-refractivity contribution in [3.8, 4) is 0 Å². The lowest BCUT2D eigenvalue weighted by atomic mass is 10.0. The summed E-state index contributed by atoms with van der Waals surface area (Å²) in [5, 5.41) is 1.09. The van der Waals surface area contributed by atoms with Gasteiger partial charge in [0.1, 0.15) is 5.82 Å². The molecule has 2 saturated heterocycles. The largest absolute Gasteiger partial charge is 0.347 e. The molecule has 5 rings (SSSR count). The number of likely N-dealkylation sites (tertiary alicyclic amines) is 1. The van der Waals surface area contributed by atoms with Crippen LogP contribution in [0.5, 0.6) is 0 Å². The minimum absolute atomic E-state index is 0.132. The average Bonchev–Trinajstić information content (AvgIpc) is 3.36. The molecule has 1 amide bonds. The molecule has 1 aromatic heterocycles. The summed E-state index contributed by atoms with van der Waals surface area (Å²) in [6.07, 6.45) is 3.88. The Morgan fingerprint density at radius 1 is 1.00 bits per heavy atom. The first kappa shape index (κ1) is 19.3. The van der Waals surface area contributed by atoms with E-state index in [9.17, 15) is 9.18 Å². The number of hydrogen-bond donors (Lipinski definition) is 0. The predicted octanol–water partition coefficient (Wildman–Crippen LogP) is 3.74. The van der Waals surface area contributed by atoms with Crippen LogP contribution in [0.25, 0.3) is 10.9 Å². The average molecular weight is 408 g/mol. The second-order valence-electron chi connectivity index (χ2n) is 8.09. The second-order valence-corrected chi connectivity index (χ2v) is 8.09. The van der Waals surface area contributed by atoms with Crippen LogP contribution in [0, 0.1) is 5.82 Å². The number of piperidine rings is 1. The molecule has 1 spiro atoms. The van der Waals surface area contributed by atoms with Crippen molar-refractivity contribution in [2.45, 2.75) is 31.6 Å². The van der Waals surface area contributed by atoms with E-state index in [0.717, 1.165) is 34.9 Å². The van der Waals surface area contributed by atoms with E-state index >= 15 is 0 Å². The normalized spacial score (nSPS) is 18.4. The van der Waals surface area contributed by atoms with Crippen LogP contribution in [-0.4, -0.2) is 47.5 Å². The third-order valence-corrected chi connectivity index (χ3v) is 6.17. The van der Waals surface area contributed by atoms with Gasteiger partial charge in [-0.3, -0.25) is 4.79 Å². The number of nitrogens with zero attached hydrogens (tertiary/aromatic N) is 2. The molecular formula is C24H25FN2O3. The smallest absolute Gasteiger partial charge is 0.227 e. The Bertz CT molecular complexity index is 1040. The van der Waals surface area contributed by atoms with Gasteiger partial charge in [0.05, 0.1) is 19.6 Å². The highest BCUT2D eigenvalue weighted by molar-refractivity contribution is 5.89. The highest BCUT2D eigenvalue weighted by Crippen LogP contribution is 2.32. The molecule has 5 nitrogen and oxygen atoms in total. The summed E-state index contributed by atoms with van der Waals surface area (Å²) in [6.45, 7) is 3.24. The van der Waals surface area contributed by atoms with Crippen LogP contribution in [0.1, 0.15) is 24.0 Å². The van der Waals surface area contributed by atoms with E-state index < -0.39 is 5.79 Å². The minimum Gasteiger partial charge on any atom is -0.347 e. The van der Waals surface area contributed by atoms with Crippen molar-refractivity contribution in [2.24, 2.45) is 0 Å². The predicted molar refractivity (Wildman–Crippen MR) is 112 cm³/mol. The number of carbonyl (C=O) groups excluding carboxylic acids is 1. The number of para-hydroxylation sites is 1. The van der Waals surface area contributed by atoms with Gasteiger partial charge in [0, 0.05) is 49.6 Å². The van der Waals surface area contributed by atoms with E-state index in [1.807, 2.05) is 17.0 Å². The summed E-state index contributed by atoms with van der Waals surface area (Å²) in [7, 11) is 0. The molecule has 30 heavy (non-hydrogen) atoms. The van der Waals surface area contributed by atoms with Crippen LogP contribution in [0.4, 0.5) is 4.39 Å². The Hall–Kier alpha value is -2.70. The van der Waals surface area contributed by atoms with Crippen LogP contribution < -0.4 is 0 Å². The van der Waals surface area contributed by atoms with Crippen LogP contribution in [0.2, 0.25) is 0 Å². The molecule has 0 atom stereocenters. The van der Waals surface area contributed by atoms with E-state index in [1.165, 1.54) is 12.1 Å². The van der Waals surface area contributed by atoms with Crippen molar-refractivity contribution < 1.29 is 18.7 Å². The number of carbonyl (C=O) groups is 1. The van der Waals surface area contributed by atoms with Crippen LogP contribution in [-0.2, 0) is 27.2 Å². The molecule has 3 heterocycles. The highest BCUT2D eigenvalue weighted by Gasteiger charge is 2.40. The van der Waals surface area contributed by atoms with Crippen molar-refractivity contribution in [3.63, 3.8) is 0 Å². The van der Waals surface area contributed by atoms with Crippen molar-refractivity contribution in [2.75, 3.05) is 26.3 Å². The third-order valence-electron chi connectivity index (χ3n) is 6.17. The summed E-state index contributed by atoms with van der Waals surface area (Å²) in [4.78, 5) is 14.9. The summed E-state index contributed by atoms with van der Waals surface area (Å²) in [6, 6.07) is 14.7. The first-order valence-electron chi connectivity index (χ1n) is 10.5. The summed E-state index contributed by atoms with van der Waals surface area (Å²) >= 11 is 0. The first-order valence-corrected chi connectivity index (χ1v) is 10.5. The molecule has 0 aliphatic carbocycles. The topological polar surface area (TPSA) is 43.7 Å². The molecule has 0 bridgehead atoms. The molecule has 2 aromatic carbocycles. The molecule has 3 aromatic rings. The summed E-state index contributed by atoms with van der Waals surface area (Å²) in [5.41, 5.74) is 3.12. The van der Waals surface area contributed by atoms with Gasteiger partial charge in [-0.1, -0.05) is 30.3 Å². The number of aromatic nitrogens is 1. The Kier molecular flexibility index (Phi) is 5.05. The lowest BCUT2D eigenvalue weighted by Crippen LogP contribution is -2.47. The summed E-state index contributed by atoms with van der Waals surface area (Å²) in [5.74, 6) is -0.575. The zero-order valence-electron chi connectivity index (χ0n) is 16.9. The first-order chi connectivity index (χ1) is 14.6. The van der Waals surface area contributed by atoms with Gasteiger partial charge in [-0.2, -0.15) is 0 Å². The van der Waals surface area contributed by atoms with Gasteiger partial charge in [0.25, 0.3) is 0 Å². The zero-order chi connectivity index (χ0) is 20.6. The maximum absolute atomic E-state index is 13.2.